The number of benzene rings is 1. The molecule has 2 aromatic rings. The van der Waals surface area contributed by atoms with Crippen molar-refractivity contribution in [2.75, 3.05) is 17.3 Å². The van der Waals surface area contributed by atoms with Gasteiger partial charge in [0.05, 0.1) is 0 Å². The van der Waals surface area contributed by atoms with Crippen molar-refractivity contribution in [3.05, 3.63) is 36.0 Å². The molecule has 1 aromatic heterocycles. The zero-order valence-electron chi connectivity index (χ0n) is 9.94. The van der Waals surface area contributed by atoms with Crippen LogP contribution in [0.2, 0.25) is 0 Å². The van der Waals surface area contributed by atoms with Crippen LogP contribution < -0.4 is 4.90 Å². The van der Waals surface area contributed by atoms with Gasteiger partial charge in [-0.15, -0.1) is 16.7 Å². The molecule has 0 saturated heterocycles. The molecule has 0 aliphatic heterocycles. The Labute approximate surface area is 109 Å². The Hall–Kier alpha value is -1.62. The first-order valence-electron chi connectivity index (χ1n) is 5.66. The molecule has 0 unspecified atom stereocenters. The van der Waals surface area contributed by atoms with Crippen LogP contribution in [-0.2, 0) is 6.42 Å². The van der Waals surface area contributed by atoms with E-state index in [1.54, 1.807) is 17.0 Å². The van der Waals surface area contributed by atoms with Crippen LogP contribution in [0.1, 0.15) is 12.8 Å². The van der Waals surface area contributed by atoms with Crippen molar-refractivity contribution in [1.29, 1.82) is 0 Å². The van der Waals surface area contributed by atoms with Crippen molar-refractivity contribution in [2.24, 2.45) is 0 Å². The van der Waals surface area contributed by atoms with Crippen molar-refractivity contribution in [1.82, 2.24) is 10.2 Å². The highest BCUT2D eigenvalue weighted by atomic mass is 35.5. The summed E-state index contributed by atoms with van der Waals surface area (Å²) in [5.41, 5.74) is 0.679. The van der Waals surface area contributed by atoms with Gasteiger partial charge in [-0.1, -0.05) is 11.2 Å². The molecule has 0 amide bonds. The van der Waals surface area contributed by atoms with Crippen LogP contribution in [-0.4, -0.2) is 22.6 Å². The molecular formula is C12H13ClFN3O. The van der Waals surface area contributed by atoms with Crippen LogP contribution in [0.25, 0.3) is 0 Å². The highest BCUT2D eigenvalue weighted by Crippen LogP contribution is 2.24. The maximum atomic E-state index is 13.2. The lowest BCUT2D eigenvalue weighted by Crippen LogP contribution is -2.16. The Morgan fingerprint density at radius 3 is 2.89 bits per heavy atom. The molecule has 0 spiro atoms. The minimum absolute atomic E-state index is 0.300. The van der Waals surface area contributed by atoms with E-state index in [0.717, 1.165) is 0 Å². The van der Waals surface area contributed by atoms with Gasteiger partial charge in [-0.05, 0) is 25.1 Å². The first-order valence-corrected chi connectivity index (χ1v) is 6.19. The van der Waals surface area contributed by atoms with E-state index in [9.17, 15) is 4.39 Å². The van der Waals surface area contributed by atoms with E-state index in [0.29, 0.717) is 36.4 Å². The summed E-state index contributed by atoms with van der Waals surface area (Å²) in [4.78, 5) is 1.74. The summed E-state index contributed by atoms with van der Waals surface area (Å²) < 4.78 is 18.7. The maximum Gasteiger partial charge on any atom is 0.322 e. The Balaban J connectivity index is 2.27. The van der Waals surface area contributed by atoms with E-state index < -0.39 is 0 Å². The Morgan fingerprint density at radius 1 is 1.39 bits per heavy atom. The summed E-state index contributed by atoms with van der Waals surface area (Å²) in [6.45, 7) is 2.53. The molecule has 0 atom stereocenters. The Bertz CT molecular complexity index is 518. The molecule has 0 fully saturated rings. The van der Waals surface area contributed by atoms with Crippen LogP contribution in [0.4, 0.5) is 16.1 Å². The smallest absolute Gasteiger partial charge is 0.322 e. The fourth-order valence-corrected chi connectivity index (χ4v) is 1.77. The van der Waals surface area contributed by atoms with E-state index in [2.05, 4.69) is 10.2 Å². The van der Waals surface area contributed by atoms with Gasteiger partial charge in [0.1, 0.15) is 5.82 Å². The molecule has 96 valence electrons. The molecule has 2 rings (SSSR count). The lowest BCUT2D eigenvalue weighted by Gasteiger charge is -2.17. The SMILES string of the molecule is CCN(c1cccc(F)c1)c1nnc(CCCl)o1. The van der Waals surface area contributed by atoms with Gasteiger partial charge in [0.15, 0.2) is 0 Å². The third-order valence-corrected chi connectivity index (χ3v) is 2.62. The van der Waals surface area contributed by atoms with E-state index >= 15 is 0 Å². The molecule has 0 bridgehead atoms. The molecule has 1 heterocycles. The molecule has 1 aromatic carbocycles. The van der Waals surface area contributed by atoms with Crippen LogP contribution in [0.5, 0.6) is 0 Å². The van der Waals surface area contributed by atoms with Gasteiger partial charge < -0.3 is 4.42 Å². The first kappa shape index (κ1) is 12.8. The zero-order chi connectivity index (χ0) is 13.0. The predicted molar refractivity (Wildman–Crippen MR) is 67.8 cm³/mol. The number of halogens is 2. The standard InChI is InChI=1S/C12H13ClFN3O/c1-2-17(10-5-3-4-9(14)8-10)12-16-15-11(18-12)6-7-13/h3-5,8H,2,6-7H2,1H3. The lowest BCUT2D eigenvalue weighted by molar-refractivity contribution is 0.501. The third-order valence-electron chi connectivity index (χ3n) is 2.43. The Kier molecular flexibility index (Phi) is 4.15. The van der Waals surface area contributed by atoms with E-state index in [1.807, 2.05) is 6.92 Å². The van der Waals surface area contributed by atoms with Crippen LogP contribution in [0.15, 0.2) is 28.7 Å². The first-order chi connectivity index (χ1) is 8.74. The average molecular weight is 270 g/mol. The van der Waals surface area contributed by atoms with Gasteiger partial charge in [-0.3, -0.25) is 4.90 Å². The molecular weight excluding hydrogens is 257 g/mol. The fourth-order valence-electron chi connectivity index (χ4n) is 1.61. The second-order valence-electron chi connectivity index (χ2n) is 3.64. The molecule has 18 heavy (non-hydrogen) atoms. The normalized spacial score (nSPS) is 10.6. The van der Waals surface area contributed by atoms with Gasteiger partial charge in [0, 0.05) is 24.5 Å². The van der Waals surface area contributed by atoms with Gasteiger partial charge >= 0.3 is 6.01 Å². The summed E-state index contributed by atoms with van der Waals surface area (Å²) in [6.07, 6.45) is 0.523. The molecule has 6 heteroatoms. The van der Waals surface area contributed by atoms with Gasteiger partial charge in [0.2, 0.25) is 5.89 Å². The summed E-state index contributed by atoms with van der Waals surface area (Å²) in [7, 11) is 0. The summed E-state index contributed by atoms with van der Waals surface area (Å²) in [5, 5.41) is 7.83. The molecule has 0 aliphatic carbocycles. The van der Waals surface area contributed by atoms with E-state index in [1.165, 1.54) is 12.1 Å². The van der Waals surface area contributed by atoms with Crippen molar-refractivity contribution in [2.45, 2.75) is 13.3 Å². The minimum atomic E-state index is -0.300. The minimum Gasteiger partial charge on any atom is -0.408 e. The molecule has 0 aliphatic rings. The quantitative estimate of drug-likeness (QED) is 0.782. The second kappa shape index (κ2) is 5.82. The number of hydrogen-bond donors (Lipinski definition) is 0. The number of aromatic nitrogens is 2. The van der Waals surface area contributed by atoms with Crippen molar-refractivity contribution in [3.63, 3.8) is 0 Å². The zero-order valence-corrected chi connectivity index (χ0v) is 10.7. The van der Waals surface area contributed by atoms with Crippen molar-refractivity contribution in [3.8, 4) is 0 Å². The summed E-state index contributed by atoms with van der Waals surface area (Å²) >= 11 is 5.61. The molecule has 0 N–H and O–H groups in total. The third kappa shape index (κ3) is 2.79. The number of aryl methyl sites for hydroxylation is 1. The van der Waals surface area contributed by atoms with Crippen LogP contribution in [0, 0.1) is 5.82 Å². The topological polar surface area (TPSA) is 42.2 Å². The van der Waals surface area contributed by atoms with Crippen LogP contribution >= 0.6 is 11.6 Å². The average Bonchev–Trinajstić information content (AvgIpc) is 2.79. The number of nitrogens with zero attached hydrogens (tertiary/aromatic N) is 3. The van der Waals surface area contributed by atoms with Crippen LogP contribution in [0.3, 0.4) is 0 Å². The summed E-state index contributed by atoms with van der Waals surface area (Å²) in [6, 6.07) is 6.60. The van der Waals surface area contributed by atoms with Gasteiger partial charge in [-0.2, -0.15) is 0 Å². The van der Waals surface area contributed by atoms with E-state index in [4.69, 9.17) is 16.0 Å². The van der Waals surface area contributed by atoms with E-state index in [-0.39, 0.29) is 5.82 Å². The highest BCUT2D eigenvalue weighted by Gasteiger charge is 2.15. The highest BCUT2D eigenvalue weighted by molar-refractivity contribution is 6.17. The molecule has 4 nitrogen and oxygen atoms in total. The van der Waals surface area contributed by atoms with Gasteiger partial charge in [-0.25, -0.2) is 4.39 Å². The number of alkyl halides is 1. The van der Waals surface area contributed by atoms with Crippen molar-refractivity contribution >= 4 is 23.3 Å². The van der Waals surface area contributed by atoms with Gasteiger partial charge in [0.25, 0.3) is 0 Å². The number of rotatable bonds is 5. The second-order valence-corrected chi connectivity index (χ2v) is 4.02. The largest absolute Gasteiger partial charge is 0.408 e. The fraction of sp³-hybridized carbons (Fsp3) is 0.333. The summed E-state index contributed by atoms with van der Waals surface area (Å²) in [5.74, 6) is 0.606. The Morgan fingerprint density at radius 2 is 2.22 bits per heavy atom. The molecule has 0 saturated carbocycles. The maximum absolute atomic E-state index is 13.2. The number of anilines is 2. The molecule has 0 radical (unpaired) electrons. The predicted octanol–water partition coefficient (Wildman–Crippen LogP) is 3.15. The monoisotopic (exact) mass is 269 g/mol. The number of hydrogen-bond acceptors (Lipinski definition) is 4. The van der Waals surface area contributed by atoms with Crippen molar-refractivity contribution < 1.29 is 8.81 Å². The lowest BCUT2D eigenvalue weighted by atomic mass is 10.3.